The van der Waals surface area contributed by atoms with E-state index in [1.165, 1.54) is 25.7 Å². The Kier molecular flexibility index (Phi) is 3.14. The van der Waals surface area contributed by atoms with Gasteiger partial charge in [0, 0.05) is 5.69 Å². The molecule has 2 rings (SSSR count). The minimum absolute atomic E-state index is 0.391. The van der Waals surface area contributed by atoms with Gasteiger partial charge in [0.2, 0.25) is 0 Å². The fourth-order valence-corrected chi connectivity index (χ4v) is 2.18. The first-order valence-corrected chi connectivity index (χ1v) is 5.78. The first-order valence-electron chi connectivity index (χ1n) is 5.78. The van der Waals surface area contributed by atoms with Gasteiger partial charge in [-0.2, -0.15) is 0 Å². The van der Waals surface area contributed by atoms with Gasteiger partial charge in [-0.1, -0.05) is 13.3 Å². The predicted octanol–water partition coefficient (Wildman–Crippen LogP) is 3.23. The van der Waals surface area contributed by atoms with Crippen LogP contribution in [0.25, 0.3) is 0 Å². The van der Waals surface area contributed by atoms with E-state index >= 15 is 0 Å². The predicted molar refractivity (Wildman–Crippen MR) is 62.9 cm³/mol. The highest BCUT2D eigenvalue weighted by Gasteiger charge is 2.22. The van der Waals surface area contributed by atoms with Crippen molar-refractivity contribution in [3.63, 3.8) is 0 Å². The number of hydrogen-bond donors (Lipinski definition) is 1. The second-order valence-electron chi connectivity index (χ2n) is 4.49. The number of rotatable bonds is 2. The SMILES string of the molecule is C[C@H]1CCCC[C@H]1Oc1ccc(N)cc1. The molecule has 1 aliphatic rings. The molecule has 0 unspecified atom stereocenters. The third-order valence-electron chi connectivity index (χ3n) is 3.20. The Bertz CT molecular complexity index is 307. The Morgan fingerprint density at radius 2 is 1.80 bits per heavy atom. The van der Waals surface area contributed by atoms with E-state index in [1.807, 2.05) is 24.3 Å². The monoisotopic (exact) mass is 205 g/mol. The van der Waals surface area contributed by atoms with Crippen molar-refractivity contribution in [1.82, 2.24) is 0 Å². The molecule has 2 atom stereocenters. The molecule has 2 heteroatoms. The quantitative estimate of drug-likeness (QED) is 0.752. The van der Waals surface area contributed by atoms with Gasteiger partial charge in [0.05, 0.1) is 0 Å². The van der Waals surface area contributed by atoms with E-state index in [4.69, 9.17) is 10.5 Å². The highest BCUT2D eigenvalue weighted by Crippen LogP contribution is 2.28. The largest absolute Gasteiger partial charge is 0.490 e. The number of nitrogen functional groups attached to an aromatic ring is 1. The normalized spacial score (nSPS) is 26.2. The smallest absolute Gasteiger partial charge is 0.119 e. The standard InChI is InChI=1S/C13H19NO/c1-10-4-2-3-5-13(10)15-12-8-6-11(14)7-9-12/h6-10,13H,2-5,14H2,1H3/t10-,13+/m0/s1. The summed E-state index contributed by atoms with van der Waals surface area (Å²) >= 11 is 0. The van der Waals surface area contributed by atoms with Crippen molar-refractivity contribution in [3.8, 4) is 5.75 Å². The summed E-state index contributed by atoms with van der Waals surface area (Å²) in [5.41, 5.74) is 6.42. The molecule has 2 N–H and O–H groups in total. The van der Waals surface area contributed by atoms with E-state index in [0.717, 1.165) is 11.4 Å². The van der Waals surface area contributed by atoms with Gasteiger partial charge in [-0.25, -0.2) is 0 Å². The maximum absolute atomic E-state index is 5.97. The Morgan fingerprint density at radius 1 is 1.13 bits per heavy atom. The molecule has 0 aliphatic heterocycles. The Labute approximate surface area is 91.4 Å². The molecule has 15 heavy (non-hydrogen) atoms. The summed E-state index contributed by atoms with van der Waals surface area (Å²) in [5.74, 6) is 1.62. The molecule has 0 amide bonds. The number of hydrogen-bond acceptors (Lipinski definition) is 2. The lowest BCUT2D eigenvalue weighted by atomic mass is 9.88. The van der Waals surface area contributed by atoms with Gasteiger partial charge >= 0.3 is 0 Å². The molecule has 1 aromatic carbocycles. The van der Waals surface area contributed by atoms with Crippen molar-refractivity contribution >= 4 is 5.69 Å². The molecule has 0 saturated heterocycles. The maximum atomic E-state index is 5.97. The van der Waals surface area contributed by atoms with Crippen molar-refractivity contribution in [2.75, 3.05) is 5.73 Å². The van der Waals surface area contributed by atoms with Crippen LogP contribution in [0.2, 0.25) is 0 Å². The lowest BCUT2D eigenvalue weighted by molar-refractivity contribution is 0.102. The number of nitrogens with two attached hydrogens (primary N) is 1. The van der Waals surface area contributed by atoms with E-state index in [2.05, 4.69) is 6.92 Å². The number of ether oxygens (including phenoxy) is 1. The van der Waals surface area contributed by atoms with Crippen LogP contribution in [-0.4, -0.2) is 6.10 Å². The van der Waals surface area contributed by atoms with E-state index in [1.54, 1.807) is 0 Å². The van der Waals surface area contributed by atoms with E-state index in [0.29, 0.717) is 12.0 Å². The van der Waals surface area contributed by atoms with Crippen LogP contribution in [0.5, 0.6) is 5.75 Å². The summed E-state index contributed by atoms with van der Waals surface area (Å²) in [4.78, 5) is 0. The summed E-state index contributed by atoms with van der Waals surface area (Å²) in [6, 6.07) is 7.69. The fourth-order valence-electron chi connectivity index (χ4n) is 2.18. The number of anilines is 1. The molecule has 1 aliphatic carbocycles. The minimum Gasteiger partial charge on any atom is -0.490 e. The van der Waals surface area contributed by atoms with E-state index in [9.17, 15) is 0 Å². The van der Waals surface area contributed by atoms with Crippen LogP contribution < -0.4 is 10.5 Å². The van der Waals surface area contributed by atoms with Gasteiger partial charge in [0.25, 0.3) is 0 Å². The molecule has 0 bridgehead atoms. The first kappa shape index (κ1) is 10.3. The first-order chi connectivity index (χ1) is 7.25. The topological polar surface area (TPSA) is 35.2 Å². The van der Waals surface area contributed by atoms with Gasteiger partial charge in [0.15, 0.2) is 0 Å². The van der Waals surface area contributed by atoms with Gasteiger partial charge < -0.3 is 10.5 Å². The summed E-state index contributed by atoms with van der Waals surface area (Å²) in [6.45, 7) is 2.28. The lowest BCUT2D eigenvalue weighted by Gasteiger charge is -2.29. The van der Waals surface area contributed by atoms with Crippen LogP contribution in [0.15, 0.2) is 24.3 Å². The van der Waals surface area contributed by atoms with Crippen LogP contribution in [0.3, 0.4) is 0 Å². The summed E-state index contributed by atoms with van der Waals surface area (Å²) in [7, 11) is 0. The van der Waals surface area contributed by atoms with Crippen molar-refractivity contribution in [1.29, 1.82) is 0 Å². The molecule has 2 nitrogen and oxygen atoms in total. The fraction of sp³-hybridized carbons (Fsp3) is 0.538. The van der Waals surface area contributed by atoms with Crippen LogP contribution in [-0.2, 0) is 0 Å². The average Bonchev–Trinajstić information content (AvgIpc) is 2.25. The van der Waals surface area contributed by atoms with Crippen molar-refractivity contribution in [2.24, 2.45) is 5.92 Å². The zero-order valence-corrected chi connectivity index (χ0v) is 9.28. The molecule has 0 radical (unpaired) electrons. The van der Waals surface area contributed by atoms with Gasteiger partial charge in [-0.05, 0) is 49.4 Å². The van der Waals surface area contributed by atoms with E-state index in [-0.39, 0.29) is 0 Å². The Morgan fingerprint density at radius 3 is 2.47 bits per heavy atom. The van der Waals surface area contributed by atoms with Gasteiger partial charge in [0.1, 0.15) is 11.9 Å². The molecule has 0 spiro atoms. The van der Waals surface area contributed by atoms with Gasteiger partial charge in [-0.15, -0.1) is 0 Å². The zero-order chi connectivity index (χ0) is 10.7. The number of benzene rings is 1. The molecule has 0 heterocycles. The highest BCUT2D eigenvalue weighted by molar-refractivity contribution is 5.41. The highest BCUT2D eigenvalue weighted by atomic mass is 16.5. The third kappa shape index (κ3) is 2.65. The summed E-state index contributed by atoms with van der Waals surface area (Å²) < 4.78 is 5.97. The van der Waals surface area contributed by atoms with Crippen molar-refractivity contribution in [3.05, 3.63) is 24.3 Å². The molecular weight excluding hydrogens is 186 g/mol. The second-order valence-corrected chi connectivity index (χ2v) is 4.49. The van der Waals surface area contributed by atoms with Crippen LogP contribution >= 0.6 is 0 Å². The molecule has 82 valence electrons. The molecule has 1 fully saturated rings. The van der Waals surface area contributed by atoms with Crippen LogP contribution in [0, 0.1) is 5.92 Å². The van der Waals surface area contributed by atoms with Crippen LogP contribution in [0.1, 0.15) is 32.6 Å². The lowest BCUT2D eigenvalue weighted by Crippen LogP contribution is -2.28. The third-order valence-corrected chi connectivity index (χ3v) is 3.20. The minimum atomic E-state index is 0.391. The summed E-state index contributed by atoms with van der Waals surface area (Å²) in [5, 5.41) is 0. The summed E-state index contributed by atoms with van der Waals surface area (Å²) in [6.07, 6.45) is 5.51. The van der Waals surface area contributed by atoms with Crippen LogP contribution in [0.4, 0.5) is 5.69 Å². The zero-order valence-electron chi connectivity index (χ0n) is 9.28. The Balaban J connectivity index is 1.98. The van der Waals surface area contributed by atoms with Gasteiger partial charge in [-0.3, -0.25) is 0 Å². The van der Waals surface area contributed by atoms with Crippen molar-refractivity contribution in [2.45, 2.75) is 38.7 Å². The Hall–Kier alpha value is -1.18. The molecule has 1 saturated carbocycles. The molecule has 1 aromatic rings. The average molecular weight is 205 g/mol. The maximum Gasteiger partial charge on any atom is 0.119 e. The molecular formula is C13H19NO. The van der Waals surface area contributed by atoms with Crippen molar-refractivity contribution < 1.29 is 4.74 Å². The molecule has 0 aromatic heterocycles. The van der Waals surface area contributed by atoms with E-state index < -0.39 is 0 Å². The second kappa shape index (κ2) is 4.56.